The molecule has 0 atom stereocenters. The van der Waals surface area contributed by atoms with Gasteiger partial charge in [-0.25, -0.2) is 5.90 Å². The fourth-order valence-electron chi connectivity index (χ4n) is 1.63. The SMILES string of the molecule is Cn1nc(CCON)c2ccccc21. The van der Waals surface area contributed by atoms with Gasteiger partial charge in [-0.05, 0) is 6.07 Å². The van der Waals surface area contributed by atoms with Crippen molar-refractivity contribution in [2.75, 3.05) is 6.61 Å². The molecule has 0 aliphatic rings. The van der Waals surface area contributed by atoms with Crippen molar-refractivity contribution in [1.82, 2.24) is 9.78 Å². The molecule has 0 aliphatic heterocycles. The lowest BCUT2D eigenvalue weighted by atomic mass is 10.2. The van der Waals surface area contributed by atoms with Crippen molar-refractivity contribution in [2.45, 2.75) is 6.42 Å². The van der Waals surface area contributed by atoms with Crippen molar-refractivity contribution < 1.29 is 4.84 Å². The second kappa shape index (κ2) is 3.77. The first kappa shape index (κ1) is 9.18. The van der Waals surface area contributed by atoms with E-state index >= 15 is 0 Å². The first-order valence-corrected chi connectivity index (χ1v) is 4.55. The van der Waals surface area contributed by atoms with Gasteiger partial charge in [0, 0.05) is 18.9 Å². The maximum Gasteiger partial charge on any atom is 0.0735 e. The van der Waals surface area contributed by atoms with Crippen molar-refractivity contribution >= 4 is 10.9 Å². The number of hydrogen-bond acceptors (Lipinski definition) is 3. The van der Waals surface area contributed by atoms with E-state index in [0.717, 1.165) is 17.6 Å². The third-order valence-electron chi connectivity index (χ3n) is 2.29. The molecule has 1 aromatic carbocycles. The molecule has 0 fully saturated rings. The molecular formula is C10H13N3O. The molecule has 0 unspecified atom stereocenters. The minimum Gasteiger partial charge on any atom is -0.304 e. The monoisotopic (exact) mass is 191 g/mol. The number of aromatic nitrogens is 2. The van der Waals surface area contributed by atoms with Crippen LogP contribution in [0.2, 0.25) is 0 Å². The Bertz CT molecular complexity index is 436. The largest absolute Gasteiger partial charge is 0.304 e. The van der Waals surface area contributed by atoms with E-state index in [4.69, 9.17) is 5.90 Å². The highest BCUT2D eigenvalue weighted by molar-refractivity contribution is 5.81. The van der Waals surface area contributed by atoms with Crippen LogP contribution in [0.1, 0.15) is 5.69 Å². The Balaban J connectivity index is 2.44. The summed E-state index contributed by atoms with van der Waals surface area (Å²) in [5.74, 6) is 4.99. The van der Waals surface area contributed by atoms with Crippen molar-refractivity contribution in [3.8, 4) is 0 Å². The van der Waals surface area contributed by atoms with Crippen LogP contribution in [-0.4, -0.2) is 16.4 Å². The summed E-state index contributed by atoms with van der Waals surface area (Å²) in [6, 6.07) is 8.13. The Kier molecular flexibility index (Phi) is 2.47. The van der Waals surface area contributed by atoms with Gasteiger partial charge in [0.15, 0.2) is 0 Å². The van der Waals surface area contributed by atoms with Crippen LogP contribution in [0.3, 0.4) is 0 Å². The van der Waals surface area contributed by atoms with Crippen LogP contribution in [0, 0.1) is 0 Å². The van der Waals surface area contributed by atoms with E-state index in [0.29, 0.717) is 6.61 Å². The van der Waals surface area contributed by atoms with Crippen LogP contribution in [0.25, 0.3) is 10.9 Å². The third-order valence-corrected chi connectivity index (χ3v) is 2.29. The lowest BCUT2D eigenvalue weighted by molar-refractivity contribution is 0.140. The van der Waals surface area contributed by atoms with Crippen molar-refractivity contribution in [1.29, 1.82) is 0 Å². The standard InChI is InChI=1S/C10H13N3O/c1-13-10-5-3-2-4-8(10)9(12-13)6-7-14-11/h2-5H,6-7,11H2,1H3. The number of aryl methyl sites for hydroxylation is 1. The molecule has 1 heterocycles. The van der Waals surface area contributed by atoms with Gasteiger partial charge in [0.05, 0.1) is 17.8 Å². The summed E-state index contributed by atoms with van der Waals surface area (Å²) in [5.41, 5.74) is 2.17. The van der Waals surface area contributed by atoms with Crippen LogP contribution in [0.4, 0.5) is 0 Å². The normalized spacial score (nSPS) is 11.0. The summed E-state index contributed by atoms with van der Waals surface area (Å²) in [5, 5.41) is 5.58. The van der Waals surface area contributed by atoms with E-state index in [1.807, 2.05) is 23.9 Å². The van der Waals surface area contributed by atoms with Crippen molar-refractivity contribution in [2.24, 2.45) is 12.9 Å². The van der Waals surface area contributed by atoms with Gasteiger partial charge in [-0.1, -0.05) is 18.2 Å². The van der Waals surface area contributed by atoms with E-state index in [9.17, 15) is 0 Å². The molecule has 2 N–H and O–H groups in total. The maximum atomic E-state index is 4.99. The molecule has 4 nitrogen and oxygen atoms in total. The number of nitrogens with two attached hydrogens (primary N) is 1. The first-order chi connectivity index (χ1) is 6.83. The minimum absolute atomic E-state index is 0.501. The summed E-state index contributed by atoms with van der Waals surface area (Å²) in [4.78, 5) is 4.55. The minimum atomic E-state index is 0.501. The molecule has 0 radical (unpaired) electrons. The number of nitrogens with zero attached hydrogens (tertiary/aromatic N) is 2. The number of hydrogen-bond donors (Lipinski definition) is 1. The number of para-hydroxylation sites is 1. The highest BCUT2D eigenvalue weighted by Crippen LogP contribution is 2.17. The summed E-state index contributed by atoms with van der Waals surface area (Å²) in [6.45, 7) is 0.501. The van der Waals surface area contributed by atoms with E-state index in [1.165, 1.54) is 5.39 Å². The lowest BCUT2D eigenvalue weighted by Crippen LogP contribution is -2.04. The number of fused-ring (bicyclic) bond motifs is 1. The molecule has 2 aromatic rings. The topological polar surface area (TPSA) is 53.1 Å². The molecule has 0 amide bonds. The highest BCUT2D eigenvalue weighted by Gasteiger charge is 2.06. The molecule has 0 saturated carbocycles. The second-order valence-corrected chi connectivity index (χ2v) is 3.21. The quantitative estimate of drug-likeness (QED) is 0.736. The Morgan fingerprint density at radius 2 is 2.21 bits per heavy atom. The van der Waals surface area contributed by atoms with Gasteiger partial charge in [0.25, 0.3) is 0 Å². The van der Waals surface area contributed by atoms with Crippen molar-refractivity contribution in [3.05, 3.63) is 30.0 Å². The van der Waals surface area contributed by atoms with Gasteiger partial charge < -0.3 is 4.84 Å². The van der Waals surface area contributed by atoms with Crippen LogP contribution in [0.5, 0.6) is 0 Å². The summed E-state index contributed by atoms with van der Waals surface area (Å²) >= 11 is 0. The Morgan fingerprint density at radius 1 is 1.43 bits per heavy atom. The van der Waals surface area contributed by atoms with Gasteiger partial charge in [0.2, 0.25) is 0 Å². The molecular weight excluding hydrogens is 178 g/mol. The highest BCUT2D eigenvalue weighted by atomic mass is 16.6. The van der Waals surface area contributed by atoms with Gasteiger partial charge in [0.1, 0.15) is 0 Å². The second-order valence-electron chi connectivity index (χ2n) is 3.21. The smallest absolute Gasteiger partial charge is 0.0735 e. The van der Waals surface area contributed by atoms with Crippen LogP contribution >= 0.6 is 0 Å². The fraction of sp³-hybridized carbons (Fsp3) is 0.300. The summed E-state index contributed by atoms with van der Waals surface area (Å²) in [7, 11) is 1.94. The molecule has 0 bridgehead atoms. The molecule has 0 spiro atoms. The Labute approximate surface area is 82.2 Å². The Morgan fingerprint density at radius 3 is 3.00 bits per heavy atom. The molecule has 1 aromatic heterocycles. The molecule has 0 aliphatic carbocycles. The zero-order chi connectivity index (χ0) is 9.97. The van der Waals surface area contributed by atoms with Gasteiger partial charge >= 0.3 is 0 Å². The average molecular weight is 191 g/mol. The summed E-state index contributed by atoms with van der Waals surface area (Å²) in [6.07, 6.45) is 0.748. The van der Waals surface area contributed by atoms with E-state index in [-0.39, 0.29) is 0 Å². The molecule has 4 heteroatoms. The number of benzene rings is 1. The van der Waals surface area contributed by atoms with E-state index in [1.54, 1.807) is 0 Å². The fourth-order valence-corrected chi connectivity index (χ4v) is 1.63. The molecule has 2 rings (SSSR count). The van der Waals surface area contributed by atoms with Gasteiger partial charge in [-0.2, -0.15) is 5.10 Å². The summed E-state index contributed by atoms with van der Waals surface area (Å²) < 4.78 is 1.88. The lowest BCUT2D eigenvalue weighted by Gasteiger charge is -1.94. The first-order valence-electron chi connectivity index (χ1n) is 4.55. The molecule has 14 heavy (non-hydrogen) atoms. The molecule has 0 saturated heterocycles. The van der Waals surface area contributed by atoms with Crippen LogP contribution in [-0.2, 0) is 18.3 Å². The zero-order valence-corrected chi connectivity index (χ0v) is 8.10. The van der Waals surface area contributed by atoms with E-state index in [2.05, 4.69) is 22.1 Å². The van der Waals surface area contributed by atoms with Gasteiger partial charge in [-0.3, -0.25) is 4.68 Å². The zero-order valence-electron chi connectivity index (χ0n) is 8.10. The molecule has 74 valence electrons. The van der Waals surface area contributed by atoms with Crippen molar-refractivity contribution in [3.63, 3.8) is 0 Å². The van der Waals surface area contributed by atoms with Crippen LogP contribution < -0.4 is 5.90 Å². The predicted molar refractivity (Wildman–Crippen MR) is 54.6 cm³/mol. The Hall–Kier alpha value is -1.39. The average Bonchev–Trinajstić information content (AvgIpc) is 2.54. The maximum absolute atomic E-state index is 4.99. The third kappa shape index (κ3) is 1.49. The van der Waals surface area contributed by atoms with E-state index < -0.39 is 0 Å². The van der Waals surface area contributed by atoms with Crippen LogP contribution in [0.15, 0.2) is 24.3 Å². The van der Waals surface area contributed by atoms with Gasteiger partial charge in [-0.15, -0.1) is 0 Å². The number of rotatable bonds is 3. The predicted octanol–water partition coefficient (Wildman–Crippen LogP) is 1.01.